The van der Waals surface area contributed by atoms with Crippen molar-refractivity contribution in [1.82, 2.24) is 9.80 Å². The monoisotopic (exact) mass is 309 g/mol. The molecule has 1 N–H and O–H groups in total. The second kappa shape index (κ2) is 5.40. The van der Waals surface area contributed by atoms with E-state index >= 15 is 0 Å². The van der Waals surface area contributed by atoms with Gasteiger partial charge in [0.2, 0.25) is 5.91 Å². The molecule has 0 saturated carbocycles. The molecule has 114 valence electrons. The number of hydrogen-bond donors (Lipinski definition) is 1. The Hall–Kier alpha value is -1.44. The molecule has 1 aromatic heterocycles. The van der Waals surface area contributed by atoms with Gasteiger partial charge in [-0.25, -0.2) is 0 Å². The van der Waals surface area contributed by atoms with Crippen LogP contribution in [-0.2, 0) is 9.59 Å². The number of carboxylic acids is 1. The zero-order valence-electron chi connectivity index (χ0n) is 12.0. The van der Waals surface area contributed by atoms with Gasteiger partial charge in [-0.15, -0.1) is 0 Å². The van der Waals surface area contributed by atoms with Gasteiger partial charge >= 0.3 is 5.97 Å². The molecule has 1 atom stereocenters. The number of likely N-dealkylation sites (tertiary alicyclic amines) is 1. The average molecular weight is 309 g/mol. The molecule has 0 bridgehead atoms. The predicted octanol–water partition coefficient (Wildman–Crippen LogP) is 0.556. The summed E-state index contributed by atoms with van der Waals surface area (Å²) in [5.41, 5.74) is 0.819. The van der Waals surface area contributed by atoms with Crippen molar-refractivity contribution >= 4 is 28.9 Å². The Morgan fingerprint density at radius 2 is 2.29 bits per heavy atom. The van der Waals surface area contributed by atoms with Gasteiger partial charge in [-0.2, -0.15) is 11.3 Å². The molecule has 2 aliphatic heterocycles. The number of likely N-dealkylation sites (N-methyl/N-ethyl adjacent to an activating group) is 1. The van der Waals surface area contributed by atoms with Crippen molar-refractivity contribution in [2.24, 2.45) is 0 Å². The Labute approximate surface area is 127 Å². The molecule has 2 saturated heterocycles. The number of carbonyl (C=O) groups is 2. The number of piperazine rings is 1. The summed E-state index contributed by atoms with van der Waals surface area (Å²) in [5.74, 6) is -0.686. The van der Waals surface area contributed by atoms with Crippen molar-refractivity contribution in [3.63, 3.8) is 0 Å². The minimum absolute atomic E-state index is 0.0714. The van der Waals surface area contributed by atoms with Gasteiger partial charge in [0.1, 0.15) is 0 Å². The number of nitrogens with zero attached hydrogens (tertiary/aromatic N) is 3. The van der Waals surface area contributed by atoms with Gasteiger partial charge in [-0.3, -0.25) is 19.4 Å². The Morgan fingerprint density at radius 3 is 2.95 bits per heavy atom. The van der Waals surface area contributed by atoms with E-state index in [1.807, 2.05) is 33.7 Å². The van der Waals surface area contributed by atoms with Crippen molar-refractivity contribution in [3.05, 3.63) is 16.8 Å². The number of carboxylic acid groups (broad SMARTS) is 1. The van der Waals surface area contributed by atoms with E-state index < -0.39 is 5.97 Å². The lowest BCUT2D eigenvalue weighted by Crippen LogP contribution is -2.64. The molecular weight excluding hydrogens is 290 g/mol. The molecule has 1 aromatic rings. The highest BCUT2D eigenvalue weighted by molar-refractivity contribution is 7.08. The third-order valence-corrected chi connectivity index (χ3v) is 5.19. The number of anilines is 1. The molecule has 1 amide bonds. The number of aliphatic carboxylic acids is 1. The van der Waals surface area contributed by atoms with Gasteiger partial charge in [-0.05, 0) is 24.9 Å². The van der Waals surface area contributed by atoms with Gasteiger partial charge in [0.15, 0.2) is 0 Å². The molecule has 0 unspecified atom stereocenters. The van der Waals surface area contributed by atoms with Crippen molar-refractivity contribution in [2.45, 2.75) is 12.0 Å². The summed E-state index contributed by atoms with van der Waals surface area (Å²) in [5, 5.41) is 12.9. The van der Waals surface area contributed by atoms with Gasteiger partial charge in [-0.1, -0.05) is 0 Å². The SMILES string of the molecule is CN1CC(=O)N(c2ccsc2)C[C@@]12CCN(CC(=O)O)C2. The molecule has 2 fully saturated rings. The summed E-state index contributed by atoms with van der Waals surface area (Å²) in [6.07, 6.45) is 0.894. The second-order valence-corrected chi connectivity index (χ2v) is 6.68. The lowest BCUT2D eigenvalue weighted by atomic mass is 9.93. The Morgan fingerprint density at radius 1 is 1.48 bits per heavy atom. The lowest BCUT2D eigenvalue weighted by Gasteiger charge is -2.46. The summed E-state index contributed by atoms with van der Waals surface area (Å²) in [6, 6.07) is 1.96. The van der Waals surface area contributed by atoms with E-state index in [1.54, 1.807) is 11.3 Å². The fourth-order valence-electron chi connectivity index (χ4n) is 3.31. The van der Waals surface area contributed by atoms with Crippen LogP contribution < -0.4 is 4.90 Å². The average Bonchev–Trinajstić information content (AvgIpc) is 3.04. The first-order valence-electron chi connectivity index (χ1n) is 6.98. The molecule has 7 heteroatoms. The molecule has 21 heavy (non-hydrogen) atoms. The van der Waals surface area contributed by atoms with Crippen LogP contribution in [0.15, 0.2) is 16.8 Å². The Balaban J connectivity index is 1.79. The first-order valence-corrected chi connectivity index (χ1v) is 7.92. The first kappa shape index (κ1) is 14.5. The molecule has 2 aliphatic rings. The van der Waals surface area contributed by atoms with Crippen LogP contribution in [0.1, 0.15) is 6.42 Å². The standard InChI is InChI=1S/C14H19N3O3S/c1-15-6-12(18)17(11-2-5-21-8-11)10-14(15)3-4-16(9-14)7-13(19)20/h2,5,8H,3-4,6-7,9-10H2,1H3,(H,19,20)/t14-/m0/s1. The van der Waals surface area contributed by atoms with Gasteiger partial charge < -0.3 is 10.0 Å². The van der Waals surface area contributed by atoms with Crippen LogP contribution in [0.4, 0.5) is 5.69 Å². The first-order chi connectivity index (χ1) is 10.00. The van der Waals surface area contributed by atoms with Crippen LogP contribution in [0.25, 0.3) is 0 Å². The summed E-state index contributed by atoms with van der Waals surface area (Å²) < 4.78 is 0. The minimum Gasteiger partial charge on any atom is -0.480 e. The molecule has 3 rings (SSSR count). The van der Waals surface area contributed by atoms with E-state index in [-0.39, 0.29) is 18.0 Å². The zero-order chi connectivity index (χ0) is 15.0. The van der Waals surface area contributed by atoms with Crippen molar-refractivity contribution in [1.29, 1.82) is 0 Å². The lowest BCUT2D eigenvalue weighted by molar-refractivity contribution is -0.138. The van der Waals surface area contributed by atoms with Gasteiger partial charge in [0.05, 0.1) is 24.3 Å². The van der Waals surface area contributed by atoms with Crippen molar-refractivity contribution in [2.75, 3.05) is 44.7 Å². The number of thiophene rings is 1. The van der Waals surface area contributed by atoms with Crippen LogP contribution >= 0.6 is 11.3 Å². The van der Waals surface area contributed by atoms with Crippen LogP contribution in [0.5, 0.6) is 0 Å². The minimum atomic E-state index is -0.795. The van der Waals surface area contributed by atoms with E-state index in [2.05, 4.69) is 4.90 Å². The Kier molecular flexibility index (Phi) is 3.73. The molecule has 6 nitrogen and oxygen atoms in total. The van der Waals surface area contributed by atoms with E-state index in [0.29, 0.717) is 19.6 Å². The molecule has 1 spiro atoms. The molecular formula is C14H19N3O3S. The number of hydrogen-bond acceptors (Lipinski definition) is 5. The largest absolute Gasteiger partial charge is 0.480 e. The zero-order valence-corrected chi connectivity index (χ0v) is 12.8. The third kappa shape index (κ3) is 2.68. The van der Waals surface area contributed by atoms with Crippen LogP contribution in [-0.4, -0.2) is 72.1 Å². The highest BCUT2D eigenvalue weighted by Gasteiger charge is 2.47. The maximum atomic E-state index is 12.3. The van der Waals surface area contributed by atoms with E-state index in [4.69, 9.17) is 5.11 Å². The molecule has 0 aromatic carbocycles. The van der Waals surface area contributed by atoms with E-state index in [9.17, 15) is 9.59 Å². The van der Waals surface area contributed by atoms with Crippen molar-refractivity contribution in [3.8, 4) is 0 Å². The Bertz CT molecular complexity index is 548. The molecule has 0 aliphatic carbocycles. The van der Waals surface area contributed by atoms with E-state index in [1.165, 1.54) is 0 Å². The smallest absolute Gasteiger partial charge is 0.317 e. The maximum Gasteiger partial charge on any atom is 0.317 e. The predicted molar refractivity (Wildman–Crippen MR) is 80.7 cm³/mol. The summed E-state index contributed by atoms with van der Waals surface area (Å²) in [7, 11) is 1.97. The number of carbonyl (C=O) groups excluding carboxylic acids is 1. The summed E-state index contributed by atoms with van der Waals surface area (Å²) in [6.45, 7) is 2.56. The topological polar surface area (TPSA) is 64.1 Å². The van der Waals surface area contributed by atoms with Crippen LogP contribution in [0, 0.1) is 0 Å². The van der Waals surface area contributed by atoms with Crippen molar-refractivity contribution < 1.29 is 14.7 Å². The molecule has 3 heterocycles. The fourth-order valence-corrected chi connectivity index (χ4v) is 3.95. The second-order valence-electron chi connectivity index (χ2n) is 5.90. The highest BCUT2D eigenvalue weighted by atomic mass is 32.1. The third-order valence-electron chi connectivity index (χ3n) is 4.52. The number of amides is 1. The summed E-state index contributed by atoms with van der Waals surface area (Å²) in [4.78, 5) is 29.1. The molecule has 0 radical (unpaired) electrons. The van der Waals surface area contributed by atoms with Crippen LogP contribution in [0.2, 0.25) is 0 Å². The van der Waals surface area contributed by atoms with E-state index in [0.717, 1.165) is 18.7 Å². The normalized spacial score (nSPS) is 27.7. The number of rotatable bonds is 3. The maximum absolute atomic E-state index is 12.3. The fraction of sp³-hybridized carbons (Fsp3) is 0.571. The van der Waals surface area contributed by atoms with Gasteiger partial charge in [0, 0.05) is 25.0 Å². The summed E-state index contributed by atoms with van der Waals surface area (Å²) >= 11 is 1.58. The van der Waals surface area contributed by atoms with Crippen LogP contribution in [0.3, 0.4) is 0 Å². The quantitative estimate of drug-likeness (QED) is 0.884. The highest BCUT2D eigenvalue weighted by Crippen LogP contribution is 2.33. The van der Waals surface area contributed by atoms with Gasteiger partial charge in [0.25, 0.3) is 0 Å².